The third-order valence-corrected chi connectivity index (χ3v) is 7.51. The number of hydrogen-bond donors (Lipinski definition) is 0. The monoisotopic (exact) mass is 528 g/mol. The first-order chi connectivity index (χ1) is 18.8. The molecule has 0 aliphatic heterocycles. The molecule has 1 aliphatic carbocycles. The second-order valence-electron chi connectivity index (χ2n) is 10.3. The van der Waals surface area contributed by atoms with E-state index in [0.717, 1.165) is 54.5 Å². The van der Waals surface area contributed by atoms with Crippen LogP contribution in [0.15, 0.2) is 72.8 Å². The van der Waals surface area contributed by atoms with E-state index in [1.54, 1.807) is 23.1 Å². The zero-order valence-electron chi connectivity index (χ0n) is 23.2. The molecule has 0 aromatic heterocycles. The molecule has 1 aliphatic rings. The highest BCUT2D eigenvalue weighted by atomic mass is 19.1. The molecule has 6 heteroatoms. The number of carbonyl (C=O) groups is 2. The summed E-state index contributed by atoms with van der Waals surface area (Å²) < 4.78 is 20.4. The Balaban J connectivity index is 1.68. The Kier molecular flexibility index (Phi) is 9.18. The predicted octanol–water partition coefficient (Wildman–Crippen LogP) is 7.42. The van der Waals surface area contributed by atoms with Crippen LogP contribution in [0.25, 0.3) is 17.2 Å². The Morgan fingerprint density at radius 2 is 1.62 bits per heavy atom. The van der Waals surface area contributed by atoms with Crippen molar-refractivity contribution < 1.29 is 18.7 Å². The molecule has 39 heavy (non-hydrogen) atoms. The maximum absolute atomic E-state index is 15.7. The summed E-state index contributed by atoms with van der Waals surface area (Å²) in [5.74, 6) is -0.880. The van der Waals surface area contributed by atoms with Gasteiger partial charge in [0.15, 0.2) is 0 Å². The summed E-state index contributed by atoms with van der Waals surface area (Å²) in [6.45, 7) is 1.88. The van der Waals surface area contributed by atoms with Crippen LogP contribution in [0, 0.1) is 11.7 Å². The van der Waals surface area contributed by atoms with Crippen LogP contribution >= 0.6 is 0 Å². The first-order valence-electron chi connectivity index (χ1n) is 13.5. The first kappa shape index (κ1) is 28.1. The van der Waals surface area contributed by atoms with Gasteiger partial charge in [0, 0.05) is 43.0 Å². The largest absolute Gasteiger partial charge is 0.466 e. The van der Waals surface area contributed by atoms with Crippen LogP contribution in [0.3, 0.4) is 0 Å². The molecule has 0 heterocycles. The average Bonchev–Trinajstić information content (AvgIpc) is 2.96. The molecular weight excluding hydrogens is 491 g/mol. The fraction of sp³-hybridized carbons (Fsp3) is 0.333. The van der Waals surface area contributed by atoms with Crippen LogP contribution in [0.5, 0.6) is 0 Å². The molecule has 1 amide bonds. The van der Waals surface area contributed by atoms with Crippen LogP contribution in [-0.2, 0) is 14.3 Å². The van der Waals surface area contributed by atoms with Crippen LogP contribution in [-0.4, -0.2) is 33.1 Å². The molecule has 3 aromatic rings. The molecule has 1 atom stereocenters. The Bertz CT molecular complexity index is 1330. The molecule has 0 saturated heterocycles. The molecule has 4 rings (SSSR count). The van der Waals surface area contributed by atoms with Gasteiger partial charge in [0.05, 0.1) is 13.2 Å². The van der Waals surface area contributed by atoms with Gasteiger partial charge in [-0.05, 0) is 72.9 Å². The molecule has 5 nitrogen and oxygen atoms in total. The standard InChI is InChI=1S/C33H37FN2O3/c1-23(30-19-16-27(22-31(30)34)25-14-17-28(18-15-25)35(2)3)36(33(38)26-10-6-5-7-11-26)29-12-8-9-24(21-29)13-20-32(37)39-4/h8-9,12-23,26H,5-7,10-11H2,1-4H3. The highest BCUT2D eigenvalue weighted by Gasteiger charge is 2.32. The minimum atomic E-state index is -0.524. The molecule has 1 saturated carbocycles. The normalized spacial score (nSPS) is 14.7. The highest BCUT2D eigenvalue weighted by Crippen LogP contribution is 2.35. The van der Waals surface area contributed by atoms with Crippen molar-refractivity contribution in [3.8, 4) is 11.1 Å². The topological polar surface area (TPSA) is 49.9 Å². The summed E-state index contributed by atoms with van der Waals surface area (Å²) in [6.07, 6.45) is 7.87. The Hall–Kier alpha value is -3.93. The number of methoxy groups -OCH3 is 1. The quantitative estimate of drug-likeness (QED) is 0.226. The van der Waals surface area contributed by atoms with Crippen molar-refractivity contribution in [3.63, 3.8) is 0 Å². The fourth-order valence-corrected chi connectivity index (χ4v) is 5.24. The average molecular weight is 529 g/mol. The van der Waals surface area contributed by atoms with E-state index in [0.29, 0.717) is 11.3 Å². The van der Waals surface area contributed by atoms with Gasteiger partial charge in [0.25, 0.3) is 0 Å². The molecule has 0 radical (unpaired) electrons. The summed E-state index contributed by atoms with van der Waals surface area (Å²) in [6, 6.07) is 20.1. The molecule has 204 valence electrons. The van der Waals surface area contributed by atoms with E-state index in [1.807, 2.05) is 80.5 Å². The van der Waals surface area contributed by atoms with Crippen molar-refractivity contribution in [2.45, 2.75) is 45.1 Å². The van der Waals surface area contributed by atoms with E-state index in [1.165, 1.54) is 13.2 Å². The van der Waals surface area contributed by atoms with Gasteiger partial charge < -0.3 is 14.5 Å². The molecule has 3 aromatic carbocycles. The number of ether oxygens (including phenoxy) is 1. The fourth-order valence-electron chi connectivity index (χ4n) is 5.24. The van der Waals surface area contributed by atoms with Crippen LogP contribution in [0.1, 0.15) is 56.2 Å². The van der Waals surface area contributed by atoms with E-state index >= 15 is 4.39 Å². The zero-order chi connectivity index (χ0) is 27.9. The number of anilines is 2. The third kappa shape index (κ3) is 6.75. The van der Waals surface area contributed by atoms with Gasteiger partial charge in [0.1, 0.15) is 5.82 Å². The molecule has 0 spiro atoms. The lowest BCUT2D eigenvalue weighted by Crippen LogP contribution is -2.39. The number of rotatable bonds is 8. The van der Waals surface area contributed by atoms with Gasteiger partial charge >= 0.3 is 5.97 Å². The SMILES string of the molecule is COC(=O)C=Cc1cccc(N(C(=O)C2CCCCC2)C(C)c2ccc(-c3ccc(N(C)C)cc3)cc2F)c1. The summed E-state index contributed by atoms with van der Waals surface area (Å²) in [5, 5.41) is 0. The van der Waals surface area contributed by atoms with Gasteiger partial charge in [0.2, 0.25) is 5.91 Å². The van der Waals surface area contributed by atoms with Gasteiger partial charge in [-0.3, -0.25) is 4.79 Å². The molecule has 1 fully saturated rings. The Morgan fingerprint density at radius 1 is 0.923 bits per heavy atom. The van der Waals surface area contributed by atoms with Crippen molar-refractivity contribution in [2.75, 3.05) is 31.0 Å². The third-order valence-electron chi connectivity index (χ3n) is 7.51. The number of benzene rings is 3. The van der Waals surface area contributed by atoms with Crippen molar-refractivity contribution in [1.82, 2.24) is 0 Å². The Morgan fingerprint density at radius 3 is 2.26 bits per heavy atom. The van der Waals surface area contributed by atoms with Gasteiger partial charge in [-0.1, -0.05) is 55.7 Å². The number of hydrogen-bond acceptors (Lipinski definition) is 4. The first-order valence-corrected chi connectivity index (χ1v) is 13.5. The van der Waals surface area contributed by atoms with Crippen LogP contribution in [0.4, 0.5) is 15.8 Å². The maximum Gasteiger partial charge on any atom is 0.330 e. The second-order valence-corrected chi connectivity index (χ2v) is 10.3. The van der Waals surface area contributed by atoms with Crippen LogP contribution in [0.2, 0.25) is 0 Å². The molecule has 0 N–H and O–H groups in total. The molecule has 1 unspecified atom stereocenters. The van der Waals surface area contributed by atoms with Crippen molar-refractivity contribution in [3.05, 3.63) is 89.8 Å². The minimum Gasteiger partial charge on any atom is -0.466 e. The predicted molar refractivity (Wildman–Crippen MR) is 156 cm³/mol. The van der Waals surface area contributed by atoms with Crippen molar-refractivity contribution in [1.29, 1.82) is 0 Å². The van der Waals surface area contributed by atoms with E-state index in [4.69, 9.17) is 4.74 Å². The lowest BCUT2D eigenvalue weighted by Gasteiger charge is -2.34. The molecule has 0 bridgehead atoms. The van der Waals surface area contributed by atoms with Crippen molar-refractivity contribution >= 4 is 29.3 Å². The summed E-state index contributed by atoms with van der Waals surface area (Å²) in [7, 11) is 5.29. The minimum absolute atomic E-state index is 0.0130. The lowest BCUT2D eigenvalue weighted by molar-refractivity contribution is -0.134. The smallest absolute Gasteiger partial charge is 0.330 e. The lowest BCUT2D eigenvalue weighted by atomic mass is 9.87. The van der Waals surface area contributed by atoms with Gasteiger partial charge in [-0.25, -0.2) is 9.18 Å². The van der Waals surface area contributed by atoms with E-state index in [-0.39, 0.29) is 17.6 Å². The van der Waals surface area contributed by atoms with Gasteiger partial charge in [-0.2, -0.15) is 0 Å². The number of nitrogens with zero attached hydrogens (tertiary/aromatic N) is 2. The highest BCUT2D eigenvalue weighted by molar-refractivity contribution is 5.96. The van der Waals surface area contributed by atoms with Crippen molar-refractivity contribution in [2.24, 2.45) is 5.92 Å². The van der Waals surface area contributed by atoms with E-state index < -0.39 is 12.0 Å². The van der Waals surface area contributed by atoms with Gasteiger partial charge in [-0.15, -0.1) is 0 Å². The Labute approximate surface area is 230 Å². The summed E-state index contributed by atoms with van der Waals surface area (Å²) in [4.78, 5) is 29.3. The molecular formula is C33H37FN2O3. The maximum atomic E-state index is 15.7. The zero-order valence-corrected chi connectivity index (χ0v) is 23.2. The summed E-state index contributed by atoms with van der Waals surface area (Å²) in [5.41, 5.74) is 4.68. The van der Waals surface area contributed by atoms with Crippen LogP contribution < -0.4 is 9.80 Å². The van der Waals surface area contributed by atoms with E-state index in [9.17, 15) is 9.59 Å². The second kappa shape index (κ2) is 12.7. The number of carbonyl (C=O) groups excluding carboxylic acids is 2. The number of esters is 1. The number of amides is 1. The summed E-state index contributed by atoms with van der Waals surface area (Å²) >= 11 is 0. The number of halogens is 1. The van der Waals surface area contributed by atoms with E-state index in [2.05, 4.69) is 0 Å².